The summed E-state index contributed by atoms with van der Waals surface area (Å²) in [7, 11) is 0. The fourth-order valence-electron chi connectivity index (χ4n) is 3.99. The van der Waals surface area contributed by atoms with Gasteiger partial charge in [-0.15, -0.1) is 0 Å². The molecule has 1 fully saturated rings. The Hall–Kier alpha value is -1.86. The number of alkyl halides is 3. The fourth-order valence-corrected chi connectivity index (χ4v) is 3.99. The van der Waals surface area contributed by atoms with Crippen molar-refractivity contribution < 1.29 is 17.7 Å². The molecule has 0 saturated carbocycles. The SMILES string of the molecule is FC(F)(F)c1cccc(CN2CCN(Cc3noc4c3CCCC4)CC2)c1. The Morgan fingerprint density at radius 2 is 1.67 bits per heavy atom. The summed E-state index contributed by atoms with van der Waals surface area (Å²) in [6.45, 7) is 4.82. The normalized spacial score (nSPS) is 19.2. The Bertz CT molecular complexity index is 779. The van der Waals surface area contributed by atoms with Crippen molar-refractivity contribution in [1.82, 2.24) is 15.0 Å². The van der Waals surface area contributed by atoms with Gasteiger partial charge in [0.25, 0.3) is 0 Å². The lowest BCUT2D eigenvalue weighted by atomic mass is 9.96. The van der Waals surface area contributed by atoms with Crippen LogP contribution < -0.4 is 0 Å². The van der Waals surface area contributed by atoms with Gasteiger partial charge in [0.15, 0.2) is 0 Å². The number of nitrogens with zero attached hydrogens (tertiary/aromatic N) is 3. The number of benzene rings is 1. The summed E-state index contributed by atoms with van der Waals surface area (Å²) in [4.78, 5) is 4.57. The standard InChI is InChI=1S/C20H24F3N3O/c21-20(22,23)16-5-3-4-15(12-16)13-25-8-10-26(11-9-25)14-18-17-6-1-2-7-19(17)27-24-18/h3-5,12H,1-2,6-11,13-14H2. The molecule has 2 aromatic rings. The van der Waals surface area contributed by atoms with Crippen molar-refractivity contribution >= 4 is 0 Å². The molecule has 1 aromatic heterocycles. The molecule has 1 aliphatic carbocycles. The molecule has 1 aliphatic heterocycles. The second kappa shape index (κ2) is 7.64. The smallest absolute Gasteiger partial charge is 0.361 e. The third-order valence-electron chi connectivity index (χ3n) is 5.53. The summed E-state index contributed by atoms with van der Waals surface area (Å²) in [5.41, 5.74) is 2.50. The summed E-state index contributed by atoms with van der Waals surface area (Å²) < 4.78 is 44.1. The van der Waals surface area contributed by atoms with Crippen molar-refractivity contribution in [2.75, 3.05) is 26.2 Å². The number of fused-ring (bicyclic) bond motifs is 1. The van der Waals surface area contributed by atoms with Gasteiger partial charge in [0.1, 0.15) is 11.5 Å². The van der Waals surface area contributed by atoms with E-state index in [9.17, 15) is 13.2 Å². The number of halogens is 3. The highest BCUT2D eigenvalue weighted by Gasteiger charge is 2.30. The molecule has 0 spiro atoms. The van der Waals surface area contributed by atoms with Crippen LogP contribution in [0.5, 0.6) is 0 Å². The van der Waals surface area contributed by atoms with Crippen LogP contribution in [-0.2, 0) is 32.1 Å². The van der Waals surface area contributed by atoms with Gasteiger partial charge >= 0.3 is 6.18 Å². The minimum absolute atomic E-state index is 0.553. The van der Waals surface area contributed by atoms with E-state index in [1.807, 2.05) is 0 Å². The zero-order valence-electron chi connectivity index (χ0n) is 15.3. The highest BCUT2D eigenvalue weighted by molar-refractivity contribution is 5.26. The lowest BCUT2D eigenvalue weighted by Crippen LogP contribution is -2.45. The molecular weight excluding hydrogens is 355 g/mol. The Labute approximate surface area is 156 Å². The molecule has 2 aliphatic rings. The maximum atomic E-state index is 12.9. The third kappa shape index (κ3) is 4.35. The van der Waals surface area contributed by atoms with Gasteiger partial charge in [0, 0.05) is 51.3 Å². The first-order chi connectivity index (χ1) is 13.0. The van der Waals surface area contributed by atoms with E-state index in [1.54, 1.807) is 6.07 Å². The van der Waals surface area contributed by atoms with E-state index in [0.29, 0.717) is 12.1 Å². The van der Waals surface area contributed by atoms with E-state index in [0.717, 1.165) is 63.1 Å². The topological polar surface area (TPSA) is 32.5 Å². The van der Waals surface area contributed by atoms with E-state index in [-0.39, 0.29) is 0 Å². The minimum atomic E-state index is -4.29. The van der Waals surface area contributed by atoms with Gasteiger partial charge in [-0.3, -0.25) is 9.80 Å². The first kappa shape index (κ1) is 18.5. The van der Waals surface area contributed by atoms with Gasteiger partial charge in [0.2, 0.25) is 0 Å². The van der Waals surface area contributed by atoms with Crippen LogP contribution in [0.2, 0.25) is 0 Å². The maximum absolute atomic E-state index is 12.9. The predicted octanol–water partition coefficient (Wildman–Crippen LogP) is 3.89. The molecule has 1 saturated heterocycles. The number of hydrogen-bond acceptors (Lipinski definition) is 4. The number of piperazine rings is 1. The zero-order chi connectivity index (χ0) is 18.9. The minimum Gasteiger partial charge on any atom is -0.361 e. The molecular formula is C20H24F3N3O. The van der Waals surface area contributed by atoms with Gasteiger partial charge in [-0.2, -0.15) is 13.2 Å². The van der Waals surface area contributed by atoms with Crippen molar-refractivity contribution in [1.29, 1.82) is 0 Å². The van der Waals surface area contributed by atoms with Crippen LogP contribution in [0.3, 0.4) is 0 Å². The van der Waals surface area contributed by atoms with Gasteiger partial charge in [-0.25, -0.2) is 0 Å². The van der Waals surface area contributed by atoms with Crippen LogP contribution in [0.1, 0.15) is 41.0 Å². The first-order valence-electron chi connectivity index (χ1n) is 9.56. The lowest BCUT2D eigenvalue weighted by Gasteiger charge is -2.34. The lowest BCUT2D eigenvalue weighted by molar-refractivity contribution is -0.137. The van der Waals surface area contributed by atoms with Crippen molar-refractivity contribution in [2.45, 2.75) is 44.9 Å². The van der Waals surface area contributed by atoms with E-state index in [1.165, 1.54) is 30.5 Å². The van der Waals surface area contributed by atoms with Crippen molar-refractivity contribution in [3.63, 3.8) is 0 Å². The second-order valence-electron chi connectivity index (χ2n) is 7.49. The monoisotopic (exact) mass is 379 g/mol. The molecule has 4 nitrogen and oxygen atoms in total. The van der Waals surface area contributed by atoms with Gasteiger partial charge < -0.3 is 4.52 Å². The average Bonchev–Trinajstić information content (AvgIpc) is 3.06. The molecule has 7 heteroatoms. The summed E-state index contributed by atoms with van der Waals surface area (Å²) in [6.07, 6.45) is 0.143. The fraction of sp³-hybridized carbons (Fsp3) is 0.550. The highest BCUT2D eigenvalue weighted by atomic mass is 19.4. The average molecular weight is 379 g/mol. The highest BCUT2D eigenvalue weighted by Crippen LogP contribution is 2.30. The van der Waals surface area contributed by atoms with Crippen LogP contribution in [-0.4, -0.2) is 41.1 Å². The van der Waals surface area contributed by atoms with Gasteiger partial charge in [-0.05, 0) is 30.9 Å². The Balaban J connectivity index is 1.31. The van der Waals surface area contributed by atoms with Crippen LogP contribution in [0.4, 0.5) is 13.2 Å². The van der Waals surface area contributed by atoms with Crippen LogP contribution >= 0.6 is 0 Å². The van der Waals surface area contributed by atoms with Crippen molar-refractivity contribution in [3.05, 3.63) is 52.4 Å². The summed E-state index contributed by atoms with van der Waals surface area (Å²) in [5.74, 6) is 1.06. The van der Waals surface area contributed by atoms with Crippen LogP contribution in [0, 0.1) is 0 Å². The van der Waals surface area contributed by atoms with E-state index >= 15 is 0 Å². The first-order valence-corrected chi connectivity index (χ1v) is 9.56. The largest absolute Gasteiger partial charge is 0.416 e. The maximum Gasteiger partial charge on any atom is 0.416 e. The second-order valence-corrected chi connectivity index (χ2v) is 7.49. The molecule has 0 N–H and O–H groups in total. The van der Waals surface area contributed by atoms with E-state index in [4.69, 9.17) is 4.52 Å². The zero-order valence-corrected chi connectivity index (χ0v) is 15.3. The number of aromatic nitrogens is 1. The Morgan fingerprint density at radius 1 is 0.963 bits per heavy atom. The van der Waals surface area contributed by atoms with Crippen molar-refractivity contribution in [2.24, 2.45) is 0 Å². The van der Waals surface area contributed by atoms with Crippen LogP contribution in [0.15, 0.2) is 28.8 Å². The molecule has 0 radical (unpaired) electrons. The Morgan fingerprint density at radius 3 is 2.41 bits per heavy atom. The molecule has 2 heterocycles. The molecule has 0 unspecified atom stereocenters. The summed E-state index contributed by atoms with van der Waals surface area (Å²) >= 11 is 0. The Kier molecular flexibility index (Phi) is 5.23. The molecule has 0 amide bonds. The molecule has 0 atom stereocenters. The molecule has 146 valence electrons. The van der Waals surface area contributed by atoms with E-state index < -0.39 is 11.7 Å². The van der Waals surface area contributed by atoms with E-state index in [2.05, 4.69) is 15.0 Å². The number of rotatable bonds is 4. The van der Waals surface area contributed by atoms with Gasteiger partial charge in [-0.1, -0.05) is 23.4 Å². The van der Waals surface area contributed by atoms with Crippen molar-refractivity contribution in [3.8, 4) is 0 Å². The number of hydrogen-bond donors (Lipinski definition) is 0. The predicted molar refractivity (Wildman–Crippen MR) is 95.1 cm³/mol. The molecule has 0 bridgehead atoms. The molecule has 4 rings (SSSR count). The number of aryl methyl sites for hydroxylation is 1. The molecule has 1 aromatic carbocycles. The molecule has 27 heavy (non-hydrogen) atoms. The summed E-state index contributed by atoms with van der Waals surface area (Å²) in [6, 6.07) is 5.64. The quantitative estimate of drug-likeness (QED) is 0.807. The van der Waals surface area contributed by atoms with Crippen LogP contribution in [0.25, 0.3) is 0 Å². The van der Waals surface area contributed by atoms with Gasteiger partial charge in [0.05, 0.1) is 5.56 Å². The summed E-state index contributed by atoms with van der Waals surface area (Å²) in [5, 5.41) is 4.27. The third-order valence-corrected chi connectivity index (χ3v) is 5.53.